The summed E-state index contributed by atoms with van der Waals surface area (Å²) in [7, 11) is 0. The first-order chi connectivity index (χ1) is 13.7. The van der Waals surface area contributed by atoms with Gasteiger partial charge in [0, 0.05) is 29.5 Å². The highest BCUT2D eigenvalue weighted by atomic mass is 16.2. The summed E-state index contributed by atoms with van der Waals surface area (Å²) in [5.41, 5.74) is 2.03. The molecule has 0 spiro atoms. The Kier molecular flexibility index (Phi) is 7.03. The van der Waals surface area contributed by atoms with Crippen LogP contribution < -0.4 is 16.0 Å². The first-order valence-corrected chi connectivity index (χ1v) is 9.92. The third kappa shape index (κ3) is 5.33. The molecule has 3 N–H and O–H groups in total. The van der Waals surface area contributed by atoms with Crippen molar-refractivity contribution in [1.29, 1.82) is 0 Å². The largest absolute Gasteiger partial charge is 0.336 e. The molecule has 148 valence electrons. The van der Waals surface area contributed by atoms with Gasteiger partial charge in [-0.1, -0.05) is 25.1 Å². The van der Waals surface area contributed by atoms with Crippen LogP contribution in [0.15, 0.2) is 54.6 Å². The molecule has 0 saturated carbocycles. The van der Waals surface area contributed by atoms with Gasteiger partial charge in [0.05, 0.1) is 0 Å². The number of para-hydroxylation sites is 1. The highest BCUT2D eigenvalue weighted by Gasteiger charge is 2.25. The van der Waals surface area contributed by atoms with Gasteiger partial charge in [-0.3, -0.25) is 4.79 Å². The maximum absolute atomic E-state index is 13.0. The first kappa shape index (κ1) is 19.9. The Morgan fingerprint density at radius 1 is 0.964 bits per heavy atom. The molecule has 3 rings (SSSR count). The lowest BCUT2D eigenvalue weighted by Crippen LogP contribution is -2.46. The number of benzene rings is 2. The Hall–Kier alpha value is -2.86. The Morgan fingerprint density at radius 2 is 1.57 bits per heavy atom. The average molecular weight is 380 g/mol. The minimum Gasteiger partial charge on any atom is -0.336 e. The fraction of sp³-hybridized carbons (Fsp3) is 0.364. The van der Waals surface area contributed by atoms with E-state index in [2.05, 4.69) is 22.9 Å². The van der Waals surface area contributed by atoms with Crippen molar-refractivity contribution in [3.63, 3.8) is 0 Å². The Labute approximate surface area is 166 Å². The van der Waals surface area contributed by atoms with E-state index in [-0.39, 0.29) is 11.9 Å². The predicted molar refractivity (Wildman–Crippen MR) is 113 cm³/mol. The topological polar surface area (TPSA) is 73.5 Å². The van der Waals surface area contributed by atoms with Crippen LogP contribution in [0.4, 0.5) is 16.2 Å². The van der Waals surface area contributed by atoms with Crippen molar-refractivity contribution in [3.05, 3.63) is 60.2 Å². The van der Waals surface area contributed by atoms with Crippen LogP contribution in [0.2, 0.25) is 0 Å². The highest BCUT2D eigenvalue weighted by Crippen LogP contribution is 2.18. The molecule has 3 amide bonds. The van der Waals surface area contributed by atoms with Crippen molar-refractivity contribution in [1.82, 2.24) is 10.2 Å². The molecule has 2 aromatic rings. The molecule has 1 aliphatic rings. The molecule has 1 heterocycles. The number of anilines is 2. The summed E-state index contributed by atoms with van der Waals surface area (Å²) in [6, 6.07) is 16.3. The molecule has 0 atom stereocenters. The number of carbonyl (C=O) groups excluding carboxylic acids is 2. The van der Waals surface area contributed by atoms with Crippen LogP contribution in [0.25, 0.3) is 0 Å². The van der Waals surface area contributed by atoms with E-state index >= 15 is 0 Å². The molecule has 6 heteroatoms. The van der Waals surface area contributed by atoms with Crippen LogP contribution in [-0.4, -0.2) is 42.5 Å². The summed E-state index contributed by atoms with van der Waals surface area (Å²) < 4.78 is 0. The second-order valence-electron chi connectivity index (χ2n) is 7.00. The van der Waals surface area contributed by atoms with Crippen LogP contribution >= 0.6 is 0 Å². The van der Waals surface area contributed by atoms with Gasteiger partial charge in [0.15, 0.2) is 0 Å². The standard InChI is InChI=1S/C22H28N4O2/c1-2-16-26(20-12-14-23-15-13-20)21(27)17-8-10-19(11-9-17)25-22(28)24-18-6-4-3-5-7-18/h3-11,20,23H,2,12-16H2,1H3,(H2,24,25,28). The van der Waals surface area contributed by atoms with Crippen molar-refractivity contribution in [2.45, 2.75) is 32.2 Å². The third-order valence-electron chi connectivity index (χ3n) is 4.90. The summed E-state index contributed by atoms with van der Waals surface area (Å²) in [6.45, 7) is 4.78. The quantitative estimate of drug-likeness (QED) is 0.711. The number of hydrogen-bond acceptors (Lipinski definition) is 3. The zero-order chi connectivity index (χ0) is 19.8. The number of hydrogen-bond donors (Lipinski definition) is 3. The van der Waals surface area contributed by atoms with E-state index in [9.17, 15) is 9.59 Å². The summed E-state index contributed by atoms with van der Waals surface area (Å²) in [5.74, 6) is 0.0639. The second-order valence-corrected chi connectivity index (χ2v) is 7.00. The maximum atomic E-state index is 13.0. The van der Waals surface area contributed by atoms with Gasteiger partial charge in [-0.25, -0.2) is 4.79 Å². The molecule has 0 aromatic heterocycles. The van der Waals surface area contributed by atoms with E-state index in [1.54, 1.807) is 24.3 Å². The number of piperidine rings is 1. The lowest BCUT2D eigenvalue weighted by atomic mass is 10.0. The first-order valence-electron chi connectivity index (χ1n) is 9.92. The maximum Gasteiger partial charge on any atom is 0.323 e. The van der Waals surface area contributed by atoms with Gasteiger partial charge < -0.3 is 20.9 Å². The number of carbonyl (C=O) groups is 2. The molecule has 2 aromatic carbocycles. The summed E-state index contributed by atoms with van der Waals surface area (Å²) in [6.07, 6.45) is 2.92. The van der Waals surface area contributed by atoms with E-state index in [0.29, 0.717) is 17.3 Å². The van der Waals surface area contributed by atoms with Crippen LogP contribution in [0.1, 0.15) is 36.5 Å². The van der Waals surface area contributed by atoms with Crippen LogP contribution in [0.5, 0.6) is 0 Å². The zero-order valence-electron chi connectivity index (χ0n) is 16.3. The predicted octanol–water partition coefficient (Wildman–Crippen LogP) is 3.93. The molecule has 0 unspecified atom stereocenters. The fourth-order valence-corrected chi connectivity index (χ4v) is 3.49. The van der Waals surface area contributed by atoms with Gasteiger partial charge in [-0.2, -0.15) is 0 Å². The summed E-state index contributed by atoms with van der Waals surface area (Å²) in [5, 5.41) is 8.91. The minimum absolute atomic E-state index is 0.0639. The number of amides is 3. The Balaban J connectivity index is 1.61. The van der Waals surface area contributed by atoms with E-state index in [1.165, 1.54) is 0 Å². The van der Waals surface area contributed by atoms with Crippen LogP contribution in [0.3, 0.4) is 0 Å². The van der Waals surface area contributed by atoms with E-state index in [0.717, 1.165) is 44.6 Å². The molecular formula is C22H28N4O2. The fourth-order valence-electron chi connectivity index (χ4n) is 3.49. The molecule has 0 radical (unpaired) electrons. The van der Waals surface area contributed by atoms with Crippen molar-refractivity contribution >= 4 is 23.3 Å². The van der Waals surface area contributed by atoms with Gasteiger partial charge in [-0.15, -0.1) is 0 Å². The van der Waals surface area contributed by atoms with Crippen molar-refractivity contribution < 1.29 is 9.59 Å². The number of rotatable bonds is 6. The van der Waals surface area contributed by atoms with Gasteiger partial charge in [0.2, 0.25) is 0 Å². The van der Waals surface area contributed by atoms with Crippen LogP contribution in [-0.2, 0) is 0 Å². The number of nitrogens with zero attached hydrogens (tertiary/aromatic N) is 1. The monoisotopic (exact) mass is 380 g/mol. The lowest BCUT2D eigenvalue weighted by molar-refractivity contribution is 0.0642. The zero-order valence-corrected chi connectivity index (χ0v) is 16.3. The van der Waals surface area contributed by atoms with E-state index in [1.807, 2.05) is 35.2 Å². The normalized spacial score (nSPS) is 14.3. The van der Waals surface area contributed by atoms with E-state index in [4.69, 9.17) is 0 Å². The van der Waals surface area contributed by atoms with Gasteiger partial charge in [0.25, 0.3) is 5.91 Å². The molecule has 1 saturated heterocycles. The Bertz CT molecular complexity index is 771. The van der Waals surface area contributed by atoms with Crippen molar-refractivity contribution in [2.24, 2.45) is 0 Å². The third-order valence-corrected chi connectivity index (χ3v) is 4.90. The molecule has 0 bridgehead atoms. The van der Waals surface area contributed by atoms with Gasteiger partial charge in [-0.05, 0) is 68.8 Å². The average Bonchev–Trinajstić information content (AvgIpc) is 2.73. The number of urea groups is 1. The van der Waals surface area contributed by atoms with Crippen molar-refractivity contribution in [3.8, 4) is 0 Å². The SMILES string of the molecule is CCCN(C(=O)c1ccc(NC(=O)Nc2ccccc2)cc1)C1CCNCC1. The summed E-state index contributed by atoms with van der Waals surface area (Å²) in [4.78, 5) is 27.1. The second kappa shape index (κ2) is 9.90. The van der Waals surface area contributed by atoms with E-state index < -0.39 is 0 Å². The smallest absolute Gasteiger partial charge is 0.323 e. The van der Waals surface area contributed by atoms with Crippen LogP contribution in [0, 0.1) is 0 Å². The lowest BCUT2D eigenvalue weighted by Gasteiger charge is -2.34. The molecule has 28 heavy (non-hydrogen) atoms. The molecule has 6 nitrogen and oxygen atoms in total. The minimum atomic E-state index is -0.312. The van der Waals surface area contributed by atoms with Gasteiger partial charge >= 0.3 is 6.03 Å². The molecule has 1 aliphatic heterocycles. The van der Waals surface area contributed by atoms with Crippen molar-refractivity contribution in [2.75, 3.05) is 30.3 Å². The molecule has 1 fully saturated rings. The number of nitrogens with one attached hydrogen (secondary N) is 3. The summed E-state index contributed by atoms with van der Waals surface area (Å²) >= 11 is 0. The Morgan fingerprint density at radius 3 is 2.18 bits per heavy atom. The molecular weight excluding hydrogens is 352 g/mol. The highest BCUT2D eigenvalue weighted by molar-refractivity contribution is 6.00. The molecule has 0 aliphatic carbocycles. The van der Waals surface area contributed by atoms with Gasteiger partial charge in [0.1, 0.15) is 0 Å².